The molecule has 3 nitrogen and oxygen atoms in total. The second kappa shape index (κ2) is 7.04. The molecule has 0 aliphatic carbocycles. The lowest BCUT2D eigenvalue weighted by atomic mass is 10.2. The van der Waals surface area contributed by atoms with E-state index in [-0.39, 0.29) is 0 Å². The van der Waals surface area contributed by atoms with E-state index < -0.39 is 0 Å². The van der Waals surface area contributed by atoms with Crippen molar-refractivity contribution in [2.75, 3.05) is 6.54 Å². The van der Waals surface area contributed by atoms with Crippen LogP contribution in [0.2, 0.25) is 0 Å². The molecular weight excluding hydrogens is 302 g/mol. The molecule has 2 rings (SSSR count). The fraction of sp³-hybridized carbons (Fsp3) is 0.200. The van der Waals surface area contributed by atoms with Crippen LogP contribution in [0.5, 0.6) is 0 Å². The molecule has 0 aromatic heterocycles. The van der Waals surface area contributed by atoms with Crippen molar-refractivity contribution < 1.29 is 0 Å². The van der Waals surface area contributed by atoms with Crippen LogP contribution in [0.25, 0.3) is 0 Å². The molecule has 2 aromatic carbocycles. The fourth-order valence-electron chi connectivity index (χ4n) is 1.65. The Morgan fingerprint density at radius 1 is 1.00 bits per heavy atom. The van der Waals surface area contributed by atoms with Gasteiger partial charge in [0.25, 0.3) is 0 Å². The second-order valence-electron chi connectivity index (χ2n) is 4.11. The van der Waals surface area contributed by atoms with Crippen molar-refractivity contribution in [3.63, 3.8) is 0 Å². The summed E-state index contributed by atoms with van der Waals surface area (Å²) in [7, 11) is 0. The molecule has 0 saturated heterocycles. The van der Waals surface area contributed by atoms with Crippen molar-refractivity contribution in [3.8, 4) is 0 Å². The molecule has 0 heterocycles. The van der Waals surface area contributed by atoms with Crippen molar-refractivity contribution in [1.29, 1.82) is 0 Å². The van der Waals surface area contributed by atoms with Crippen LogP contribution in [0.15, 0.2) is 69.4 Å². The minimum absolute atomic E-state index is 0.769. The van der Waals surface area contributed by atoms with E-state index in [0.29, 0.717) is 0 Å². The number of rotatable bonds is 5. The van der Waals surface area contributed by atoms with E-state index in [1.165, 1.54) is 5.56 Å². The zero-order valence-electron chi connectivity index (χ0n) is 10.8. The highest BCUT2D eigenvalue weighted by Gasteiger charge is 2.01. The summed E-state index contributed by atoms with van der Waals surface area (Å²) >= 11 is 3.46. The number of benzene rings is 2. The van der Waals surface area contributed by atoms with Gasteiger partial charge in [-0.15, -0.1) is 5.11 Å². The molecule has 19 heavy (non-hydrogen) atoms. The van der Waals surface area contributed by atoms with E-state index in [1.54, 1.807) is 0 Å². The lowest BCUT2D eigenvalue weighted by Gasteiger charge is -2.15. The third-order valence-corrected chi connectivity index (χ3v) is 3.37. The highest BCUT2D eigenvalue weighted by atomic mass is 79.9. The van der Waals surface area contributed by atoms with Crippen LogP contribution in [-0.4, -0.2) is 11.6 Å². The minimum atomic E-state index is 0.769. The summed E-state index contributed by atoms with van der Waals surface area (Å²) in [5, 5.41) is 10.5. The van der Waals surface area contributed by atoms with Crippen LogP contribution in [0, 0.1) is 0 Å². The molecule has 4 heteroatoms. The van der Waals surface area contributed by atoms with Crippen LogP contribution in [0.4, 0.5) is 5.69 Å². The average Bonchev–Trinajstić information content (AvgIpc) is 2.46. The minimum Gasteiger partial charge on any atom is -0.274 e. The molecule has 2 aromatic rings. The predicted molar refractivity (Wildman–Crippen MR) is 81.2 cm³/mol. The third kappa shape index (κ3) is 4.17. The first-order valence-corrected chi connectivity index (χ1v) is 7.04. The maximum atomic E-state index is 4.30. The zero-order chi connectivity index (χ0) is 13.5. The summed E-state index contributed by atoms with van der Waals surface area (Å²) in [6.45, 7) is 3.66. The molecule has 0 saturated carbocycles. The van der Waals surface area contributed by atoms with Crippen molar-refractivity contribution >= 4 is 21.6 Å². The summed E-state index contributed by atoms with van der Waals surface area (Å²) in [6, 6.07) is 18.1. The standard InChI is InChI=1S/C15H16BrN3/c1-2-19(12-13-8-4-3-5-9-13)18-17-15-11-7-6-10-14(15)16/h3-11H,2,12H2,1H3. The molecule has 0 unspecified atom stereocenters. The summed E-state index contributed by atoms with van der Waals surface area (Å²) in [5.41, 5.74) is 2.07. The number of nitrogens with zero attached hydrogens (tertiary/aromatic N) is 3. The van der Waals surface area contributed by atoms with E-state index in [4.69, 9.17) is 0 Å². The van der Waals surface area contributed by atoms with Gasteiger partial charge in [0.2, 0.25) is 0 Å². The van der Waals surface area contributed by atoms with Gasteiger partial charge in [0, 0.05) is 11.0 Å². The molecule has 0 N–H and O–H groups in total. The molecule has 0 spiro atoms. The molecule has 0 amide bonds. The third-order valence-electron chi connectivity index (χ3n) is 2.70. The quantitative estimate of drug-likeness (QED) is 0.565. The van der Waals surface area contributed by atoms with Crippen LogP contribution in [0.1, 0.15) is 12.5 Å². The van der Waals surface area contributed by atoms with Crippen LogP contribution >= 0.6 is 15.9 Å². The van der Waals surface area contributed by atoms with E-state index in [1.807, 2.05) is 47.5 Å². The van der Waals surface area contributed by atoms with Crippen molar-refractivity contribution in [2.24, 2.45) is 10.3 Å². The Balaban J connectivity index is 2.05. The average molecular weight is 318 g/mol. The normalized spacial score (nSPS) is 10.8. The highest BCUT2D eigenvalue weighted by Crippen LogP contribution is 2.24. The zero-order valence-corrected chi connectivity index (χ0v) is 12.4. The van der Waals surface area contributed by atoms with Crippen molar-refractivity contribution in [1.82, 2.24) is 5.01 Å². The lowest BCUT2D eigenvalue weighted by Crippen LogP contribution is -2.15. The summed E-state index contributed by atoms with van der Waals surface area (Å²) in [4.78, 5) is 0. The van der Waals surface area contributed by atoms with Gasteiger partial charge in [-0.05, 0) is 40.5 Å². The molecule has 0 fully saturated rings. The lowest BCUT2D eigenvalue weighted by molar-refractivity contribution is 0.276. The molecular formula is C15H16BrN3. The smallest absolute Gasteiger partial charge is 0.102 e. The molecule has 0 aliphatic heterocycles. The first kappa shape index (κ1) is 13.7. The topological polar surface area (TPSA) is 28.0 Å². The predicted octanol–water partition coefficient (Wildman–Crippen LogP) is 4.97. The first-order valence-electron chi connectivity index (χ1n) is 6.24. The van der Waals surface area contributed by atoms with E-state index in [9.17, 15) is 0 Å². The largest absolute Gasteiger partial charge is 0.274 e. The van der Waals surface area contributed by atoms with Gasteiger partial charge in [-0.3, -0.25) is 5.01 Å². The number of halogens is 1. The summed E-state index contributed by atoms with van der Waals surface area (Å²) < 4.78 is 0.953. The van der Waals surface area contributed by atoms with Gasteiger partial charge in [0.05, 0.1) is 6.54 Å². The van der Waals surface area contributed by atoms with Gasteiger partial charge < -0.3 is 0 Å². The monoisotopic (exact) mass is 317 g/mol. The Bertz CT molecular complexity index is 540. The van der Waals surface area contributed by atoms with E-state index in [2.05, 4.69) is 45.3 Å². The summed E-state index contributed by atoms with van der Waals surface area (Å²) in [6.07, 6.45) is 0. The van der Waals surface area contributed by atoms with E-state index >= 15 is 0 Å². The summed E-state index contributed by atoms with van der Waals surface area (Å²) in [5.74, 6) is 0. The van der Waals surface area contributed by atoms with Crippen LogP contribution < -0.4 is 0 Å². The maximum absolute atomic E-state index is 4.30. The highest BCUT2D eigenvalue weighted by molar-refractivity contribution is 9.10. The molecule has 0 radical (unpaired) electrons. The molecule has 98 valence electrons. The Hall–Kier alpha value is -1.68. The second-order valence-corrected chi connectivity index (χ2v) is 4.96. The molecule has 0 atom stereocenters. The van der Waals surface area contributed by atoms with E-state index in [0.717, 1.165) is 23.2 Å². The molecule has 0 bridgehead atoms. The first-order chi connectivity index (χ1) is 9.29. The Labute approximate surface area is 122 Å². The Kier molecular flexibility index (Phi) is 5.10. The van der Waals surface area contributed by atoms with Gasteiger partial charge in [0.1, 0.15) is 5.69 Å². The fourth-order valence-corrected chi connectivity index (χ4v) is 2.01. The maximum Gasteiger partial charge on any atom is 0.102 e. The Morgan fingerprint density at radius 2 is 1.68 bits per heavy atom. The number of hydrogen-bond acceptors (Lipinski definition) is 2. The van der Waals surface area contributed by atoms with Crippen LogP contribution in [0.3, 0.4) is 0 Å². The molecule has 0 aliphatic rings. The van der Waals surface area contributed by atoms with Crippen molar-refractivity contribution in [3.05, 3.63) is 64.6 Å². The van der Waals surface area contributed by atoms with Gasteiger partial charge in [0.15, 0.2) is 0 Å². The SMILES string of the molecule is CCN(Cc1ccccc1)N=Nc1ccccc1Br. The van der Waals surface area contributed by atoms with Gasteiger partial charge in [-0.2, -0.15) is 0 Å². The number of hydrogen-bond donors (Lipinski definition) is 0. The van der Waals surface area contributed by atoms with Gasteiger partial charge in [-0.1, -0.05) is 47.7 Å². The van der Waals surface area contributed by atoms with Gasteiger partial charge in [-0.25, -0.2) is 0 Å². The van der Waals surface area contributed by atoms with Crippen molar-refractivity contribution in [2.45, 2.75) is 13.5 Å². The van der Waals surface area contributed by atoms with Crippen LogP contribution in [-0.2, 0) is 6.54 Å². The Morgan fingerprint density at radius 3 is 2.37 bits per heavy atom. The van der Waals surface area contributed by atoms with Gasteiger partial charge >= 0.3 is 0 Å².